The first-order valence-corrected chi connectivity index (χ1v) is 9.01. The average molecular weight is 333 g/mol. The Labute approximate surface area is 139 Å². The summed E-state index contributed by atoms with van der Waals surface area (Å²) < 4.78 is 5.09. The van der Waals surface area contributed by atoms with Crippen molar-refractivity contribution < 1.29 is 9.53 Å². The first kappa shape index (κ1) is 16.6. The minimum Gasteiger partial charge on any atom is -0.497 e. The van der Waals surface area contributed by atoms with Crippen LogP contribution in [-0.2, 0) is 10.5 Å². The van der Waals surface area contributed by atoms with Gasteiger partial charge in [0.05, 0.1) is 7.11 Å². The van der Waals surface area contributed by atoms with Crippen molar-refractivity contribution in [3.63, 3.8) is 0 Å². The van der Waals surface area contributed by atoms with Gasteiger partial charge in [0.1, 0.15) is 5.75 Å². The molecule has 2 aromatic rings. The molecule has 0 saturated heterocycles. The predicted molar refractivity (Wildman–Crippen MR) is 95.5 cm³/mol. The van der Waals surface area contributed by atoms with Gasteiger partial charge in [0.15, 0.2) is 0 Å². The molecule has 2 rings (SSSR count). The number of ether oxygens (including phenoxy) is 1. The molecular formula is C17H19NO2S2. The summed E-state index contributed by atoms with van der Waals surface area (Å²) in [5.74, 6) is 2.67. The smallest absolute Gasteiger partial charge is 0.244 e. The molecule has 1 heterocycles. The summed E-state index contributed by atoms with van der Waals surface area (Å²) in [4.78, 5) is 13.1. The van der Waals surface area contributed by atoms with Gasteiger partial charge in [0.25, 0.3) is 0 Å². The van der Waals surface area contributed by atoms with E-state index in [-0.39, 0.29) is 5.91 Å². The van der Waals surface area contributed by atoms with E-state index in [4.69, 9.17) is 4.74 Å². The van der Waals surface area contributed by atoms with Gasteiger partial charge < -0.3 is 10.1 Å². The Hall–Kier alpha value is -1.72. The van der Waals surface area contributed by atoms with E-state index in [0.717, 1.165) is 22.8 Å². The number of rotatable bonds is 8. The van der Waals surface area contributed by atoms with E-state index in [9.17, 15) is 4.79 Å². The van der Waals surface area contributed by atoms with Crippen molar-refractivity contribution in [3.05, 3.63) is 58.3 Å². The van der Waals surface area contributed by atoms with Crippen LogP contribution < -0.4 is 10.1 Å². The molecule has 1 aromatic heterocycles. The van der Waals surface area contributed by atoms with Gasteiger partial charge in [-0.15, -0.1) is 11.3 Å². The van der Waals surface area contributed by atoms with Gasteiger partial charge in [-0.1, -0.05) is 18.2 Å². The molecule has 0 aliphatic carbocycles. The van der Waals surface area contributed by atoms with Gasteiger partial charge in [-0.05, 0) is 35.2 Å². The molecule has 0 bridgehead atoms. The maximum Gasteiger partial charge on any atom is 0.244 e. The summed E-state index contributed by atoms with van der Waals surface area (Å²) in [7, 11) is 1.63. The number of nitrogens with one attached hydrogen (secondary N) is 1. The third-order valence-electron chi connectivity index (χ3n) is 2.91. The lowest BCUT2D eigenvalue weighted by atomic mass is 10.2. The number of benzene rings is 1. The third-order valence-corrected chi connectivity index (χ3v) is 4.98. The summed E-state index contributed by atoms with van der Waals surface area (Å²) in [6.45, 7) is 0.682. The molecule has 3 nitrogen and oxygen atoms in total. The molecule has 0 saturated carbocycles. The first-order chi connectivity index (χ1) is 10.8. The van der Waals surface area contributed by atoms with Crippen molar-refractivity contribution in [1.29, 1.82) is 0 Å². The van der Waals surface area contributed by atoms with E-state index in [0.29, 0.717) is 6.54 Å². The van der Waals surface area contributed by atoms with Gasteiger partial charge in [0.2, 0.25) is 5.91 Å². The molecule has 0 aliphatic heterocycles. The quantitative estimate of drug-likeness (QED) is 0.589. The second-order valence-electron chi connectivity index (χ2n) is 4.53. The summed E-state index contributed by atoms with van der Waals surface area (Å²) >= 11 is 3.60. The highest BCUT2D eigenvalue weighted by atomic mass is 32.2. The molecule has 22 heavy (non-hydrogen) atoms. The fourth-order valence-electron chi connectivity index (χ4n) is 1.76. The van der Waals surface area contributed by atoms with E-state index in [1.165, 1.54) is 4.88 Å². The lowest BCUT2D eigenvalue weighted by Crippen LogP contribution is -2.23. The Morgan fingerprint density at radius 3 is 2.82 bits per heavy atom. The van der Waals surface area contributed by atoms with E-state index >= 15 is 0 Å². The number of thioether (sulfide) groups is 1. The fraction of sp³-hybridized carbons (Fsp3) is 0.235. The van der Waals surface area contributed by atoms with E-state index in [2.05, 4.69) is 22.8 Å². The Kier molecular flexibility index (Phi) is 7.06. The maximum atomic E-state index is 11.7. The fourth-order valence-corrected chi connectivity index (χ4v) is 3.46. The van der Waals surface area contributed by atoms with Crippen LogP contribution in [0.1, 0.15) is 10.4 Å². The van der Waals surface area contributed by atoms with Crippen molar-refractivity contribution in [2.24, 2.45) is 0 Å². The second-order valence-corrected chi connectivity index (χ2v) is 6.67. The first-order valence-electron chi connectivity index (χ1n) is 6.98. The molecule has 0 radical (unpaired) electrons. The molecule has 1 amide bonds. The summed E-state index contributed by atoms with van der Waals surface area (Å²) in [5.41, 5.74) is 0.975. The minimum absolute atomic E-state index is 0.0625. The van der Waals surface area contributed by atoms with Gasteiger partial charge in [-0.2, -0.15) is 11.8 Å². The van der Waals surface area contributed by atoms with Crippen LogP contribution in [0, 0.1) is 0 Å². The summed E-state index contributed by atoms with van der Waals surface area (Å²) in [5, 5.41) is 4.97. The topological polar surface area (TPSA) is 38.3 Å². The second kappa shape index (κ2) is 9.33. The number of hydrogen-bond acceptors (Lipinski definition) is 4. The van der Waals surface area contributed by atoms with Crippen LogP contribution >= 0.6 is 23.1 Å². The highest BCUT2D eigenvalue weighted by molar-refractivity contribution is 7.98. The zero-order chi connectivity index (χ0) is 15.6. The molecule has 0 atom stereocenters. The van der Waals surface area contributed by atoms with Crippen molar-refractivity contribution in [3.8, 4) is 5.75 Å². The van der Waals surface area contributed by atoms with Gasteiger partial charge in [-0.3, -0.25) is 4.79 Å². The van der Waals surface area contributed by atoms with Crippen molar-refractivity contribution in [1.82, 2.24) is 5.32 Å². The molecule has 0 spiro atoms. The molecular weight excluding hydrogens is 314 g/mol. The van der Waals surface area contributed by atoms with Crippen LogP contribution in [0.4, 0.5) is 0 Å². The number of thiophene rings is 1. The molecule has 1 N–H and O–H groups in total. The van der Waals surface area contributed by atoms with Crippen LogP contribution in [-0.4, -0.2) is 25.3 Å². The number of amides is 1. The standard InChI is InChI=1S/C17H19NO2S2/c1-20-15-7-4-14(5-8-15)6-9-17(19)18-10-12-21-13-16-3-2-11-22-16/h2-9,11H,10,12-13H2,1H3,(H,18,19)/b9-6+. The Balaban J connectivity index is 1.63. The van der Waals surface area contributed by atoms with Crippen molar-refractivity contribution in [2.75, 3.05) is 19.4 Å². The van der Waals surface area contributed by atoms with Crippen LogP contribution in [0.3, 0.4) is 0 Å². The van der Waals surface area contributed by atoms with E-state index in [1.807, 2.05) is 36.0 Å². The molecule has 5 heteroatoms. The van der Waals surface area contributed by atoms with E-state index in [1.54, 1.807) is 30.6 Å². The number of hydrogen-bond donors (Lipinski definition) is 1. The molecule has 116 valence electrons. The van der Waals surface area contributed by atoms with Gasteiger partial charge in [0, 0.05) is 29.0 Å². The van der Waals surface area contributed by atoms with Crippen LogP contribution in [0.2, 0.25) is 0 Å². The molecule has 0 fully saturated rings. The Morgan fingerprint density at radius 1 is 1.32 bits per heavy atom. The third kappa shape index (κ3) is 5.95. The lowest BCUT2D eigenvalue weighted by molar-refractivity contribution is -0.116. The predicted octanol–water partition coefficient (Wildman–Crippen LogP) is 3.82. The highest BCUT2D eigenvalue weighted by Gasteiger charge is 1.97. The van der Waals surface area contributed by atoms with Crippen LogP contribution in [0.5, 0.6) is 5.75 Å². The average Bonchev–Trinajstić information content (AvgIpc) is 3.06. The normalized spacial score (nSPS) is 10.8. The van der Waals surface area contributed by atoms with Crippen molar-refractivity contribution in [2.45, 2.75) is 5.75 Å². The summed E-state index contributed by atoms with van der Waals surface area (Å²) in [6, 6.07) is 11.8. The highest BCUT2D eigenvalue weighted by Crippen LogP contribution is 2.16. The molecule has 0 aliphatic rings. The molecule has 0 unspecified atom stereocenters. The Bertz CT molecular complexity index is 592. The Morgan fingerprint density at radius 2 is 2.14 bits per heavy atom. The largest absolute Gasteiger partial charge is 0.497 e. The zero-order valence-corrected chi connectivity index (χ0v) is 14.1. The number of methoxy groups -OCH3 is 1. The van der Waals surface area contributed by atoms with Crippen LogP contribution in [0.25, 0.3) is 6.08 Å². The SMILES string of the molecule is COc1ccc(/C=C/C(=O)NCCSCc2cccs2)cc1. The van der Waals surface area contributed by atoms with Gasteiger partial charge in [-0.25, -0.2) is 0 Å². The van der Waals surface area contributed by atoms with Crippen molar-refractivity contribution >= 4 is 35.1 Å². The number of carbonyl (C=O) groups is 1. The summed E-state index contributed by atoms with van der Waals surface area (Å²) in [6.07, 6.45) is 3.36. The van der Waals surface area contributed by atoms with Gasteiger partial charge >= 0.3 is 0 Å². The zero-order valence-electron chi connectivity index (χ0n) is 12.5. The lowest BCUT2D eigenvalue weighted by Gasteiger charge is -2.02. The maximum absolute atomic E-state index is 11.7. The number of carbonyl (C=O) groups excluding carboxylic acids is 1. The van der Waals surface area contributed by atoms with E-state index < -0.39 is 0 Å². The van der Waals surface area contributed by atoms with Crippen LogP contribution in [0.15, 0.2) is 47.9 Å². The molecule has 1 aromatic carbocycles. The minimum atomic E-state index is -0.0625. The monoisotopic (exact) mass is 333 g/mol.